The first-order valence-corrected chi connectivity index (χ1v) is 3.74. The molecule has 3 heteroatoms. The lowest BCUT2D eigenvalue weighted by Crippen LogP contribution is -1.98. The number of pyridine rings is 1. The molecule has 1 unspecified atom stereocenters. The minimum absolute atomic E-state index is 0.426. The summed E-state index contributed by atoms with van der Waals surface area (Å²) >= 11 is 0. The van der Waals surface area contributed by atoms with Crippen molar-refractivity contribution in [2.45, 2.75) is 12.5 Å². The molecule has 0 aromatic carbocycles. The van der Waals surface area contributed by atoms with Crippen molar-refractivity contribution in [1.82, 2.24) is 4.98 Å². The Morgan fingerprint density at radius 2 is 2.50 bits per heavy atom. The summed E-state index contributed by atoms with van der Waals surface area (Å²) in [6.45, 7) is 3.54. The molecular formula is C9H12N2O. The third-order valence-electron chi connectivity index (χ3n) is 1.58. The van der Waals surface area contributed by atoms with Crippen LogP contribution >= 0.6 is 0 Å². The Hall–Kier alpha value is -1.35. The number of rotatable bonds is 3. The van der Waals surface area contributed by atoms with Gasteiger partial charge >= 0.3 is 0 Å². The van der Waals surface area contributed by atoms with Gasteiger partial charge in [0.05, 0.1) is 6.10 Å². The van der Waals surface area contributed by atoms with Crippen LogP contribution in [-0.4, -0.2) is 10.1 Å². The lowest BCUT2D eigenvalue weighted by atomic mass is 10.1. The van der Waals surface area contributed by atoms with E-state index in [1.54, 1.807) is 24.4 Å². The van der Waals surface area contributed by atoms with Gasteiger partial charge in [0.1, 0.15) is 5.82 Å². The van der Waals surface area contributed by atoms with E-state index in [-0.39, 0.29) is 0 Å². The van der Waals surface area contributed by atoms with Crippen LogP contribution in [0.15, 0.2) is 31.0 Å². The zero-order valence-electron chi connectivity index (χ0n) is 6.77. The molecule has 0 saturated heterocycles. The maximum Gasteiger partial charge on any atom is 0.123 e. The molecule has 1 aromatic heterocycles. The average molecular weight is 164 g/mol. The summed E-state index contributed by atoms with van der Waals surface area (Å²) in [4.78, 5) is 3.82. The average Bonchev–Trinajstić information content (AvgIpc) is 2.05. The van der Waals surface area contributed by atoms with Crippen molar-refractivity contribution in [2.75, 3.05) is 5.73 Å². The molecule has 1 rings (SSSR count). The van der Waals surface area contributed by atoms with Crippen LogP contribution in [0, 0.1) is 0 Å². The number of nitrogen functional groups attached to an aromatic ring is 1. The van der Waals surface area contributed by atoms with E-state index in [0.717, 1.165) is 5.56 Å². The molecule has 0 aliphatic heterocycles. The summed E-state index contributed by atoms with van der Waals surface area (Å²) in [5.41, 5.74) is 6.22. The molecule has 3 N–H and O–H groups in total. The van der Waals surface area contributed by atoms with Gasteiger partial charge in [-0.3, -0.25) is 0 Å². The van der Waals surface area contributed by atoms with Crippen LogP contribution in [0.4, 0.5) is 5.82 Å². The van der Waals surface area contributed by atoms with Crippen LogP contribution in [0.2, 0.25) is 0 Å². The molecule has 0 bridgehead atoms. The van der Waals surface area contributed by atoms with Crippen LogP contribution in [0.25, 0.3) is 0 Å². The Kier molecular flexibility index (Phi) is 2.82. The number of anilines is 1. The molecule has 1 heterocycles. The maximum atomic E-state index is 9.49. The standard InChI is InChI=1S/C9H12N2O/c1-2-3-8(12)7-4-5-11-9(10)6-7/h2,4-6,8,12H,1,3H2,(H2,10,11). The Morgan fingerprint density at radius 3 is 3.08 bits per heavy atom. The largest absolute Gasteiger partial charge is 0.388 e. The predicted molar refractivity (Wildman–Crippen MR) is 48.4 cm³/mol. The predicted octanol–water partition coefficient (Wildman–Crippen LogP) is 1.27. The first-order valence-electron chi connectivity index (χ1n) is 3.74. The van der Waals surface area contributed by atoms with Crippen molar-refractivity contribution in [3.8, 4) is 0 Å². The number of aliphatic hydroxyl groups is 1. The fourth-order valence-electron chi connectivity index (χ4n) is 0.967. The zero-order chi connectivity index (χ0) is 8.97. The number of aliphatic hydroxyl groups excluding tert-OH is 1. The van der Waals surface area contributed by atoms with Crippen molar-refractivity contribution < 1.29 is 5.11 Å². The SMILES string of the molecule is C=CCC(O)c1ccnc(N)c1. The summed E-state index contributed by atoms with van der Waals surface area (Å²) in [6.07, 6.45) is 3.26. The molecule has 0 spiro atoms. The van der Waals surface area contributed by atoms with E-state index in [1.807, 2.05) is 0 Å². The van der Waals surface area contributed by atoms with Crippen molar-refractivity contribution in [3.63, 3.8) is 0 Å². The van der Waals surface area contributed by atoms with Gasteiger partial charge in [-0.15, -0.1) is 6.58 Å². The van der Waals surface area contributed by atoms with E-state index in [9.17, 15) is 5.11 Å². The monoisotopic (exact) mass is 164 g/mol. The smallest absolute Gasteiger partial charge is 0.123 e. The van der Waals surface area contributed by atoms with E-state index < -0.39 is 6.10 Å². The highest BCUT2D eigenvalue weighted by Crippen LogP contribution is 2.17. The van der Waals surface area contributed by atoms with Gasteiger partial charge in [-0.1, -0.05) is 6.08 Å². The maximum absolute atomic E-state index is 9.49. The second-order valence-electron chi connectivity index (χ2n) is 2.55. The molecule has 0 amide bonds. The number of hydrogen-bond acceptors (Lipinski definition) is 3. The van der Waals surface area contributed by atoms with Gasteiger partial charge in [0.15, 0.2) is 0 Å². The highest BCUT2D eigenvalue weighted by Gasteiger charge is 2.04. The third-order valence-corrected chi connectivity index (χ3v) is 1.58. The number of nitrogens with zero attached hydrogens (tertiary/aromatic N) is 1. The van der Waals surface area contributed by atoms with Crippen molar-refractivity contribution in [1.29, 1.82) is 0 Å². The van der Waals surface area contributed by atoms with Gasteiger partial charge in [0.25, 0.3) is 0 Å². The summed E-state index contributed by atoms with van der Waals surface area (Å²) in [5, 5.41) is 9.49. The topological polar surface area (TPSA) is 59.1 Å². The highest BCUT2D eigenvalue weighted by molar-refractivity contribution is 5.32. The van der Waals surface area contributed by atoms with Gasteiger partial charge in [-0.2, -0.15) is 0 Å². The van der Waals surface area contributed by atoms with Crippen LogP contribution in [0.1, 0.15) is 18.1 Å². The minimum atomic E-state index is -0.521. The molecule has 0 saturated carbocycles. The van der Waals surface area contributed by atoms with Crippen LogP contribution in [0.5, 0.6) is 0 Å². The molecule has 0 fully saturated rings. The van der Waals surface area contributed by atoms with Gasteiger partial charge in [0.2, 0.25) is 0 Å². The fourth-order valence-corrected chi connectivity index (χ4v) is 0.967. The molecule has 64 valence electrons. The Morgan fingerprint density at radius 1 is 1.75 bits per heavy atom. The Bertz CT molecular complexity index is 273. The van der Waals surface area contributed by atoms with Crippen molar-refractivity contribution in [2.24, 2.45) is 0 Å². The Balaban J connectivity index is 2.80. The van der Waals surface area contributed by atoms with E-state index in [4.69, 9.17) is 5.73 Å². The summed E-state index contributed by atoms with van der Waals surface area (Å²) < 4.78 is 0. The lowest BCUT2D eigenvalue weighted by molar-refractivity contribution is 0.181. The molecule has 1 atom stereocenters. The number of nitrogens with two attached hydrogens (primary N) is 1. The van der Waals surface area contributed by atoms with E-state index in [0.29, 0.717) is 12.2 Å². The van der Waals surface area contributed by atoms with Crippen LogP contribution in [0.3, 0.4) is 0 Å². The van der Waals surface area contributed by atoms with E-state index in [2.05, 4.69) is 11.6 Å². The second kappa shape index (κ2) is 3.88. The fraction of sp³-hybridized carbons (Fsp3) is 0.222. The normalized spacial score (nSPS) is 12.4. The molecular weight excluding hydrogens is 152 g/mol. The quantitative estimate of drug-likeness (QED) is 0.661. The highest BCUT2D eigenvalue weighted by atomic mass is 16.3. The zero-order valence-corrected chi connectivity index (χ0v) is 6.77. The summed E-state index contributed by atoms with van der Waals surface area (Å²) in [5.74, 6) is 0.426. The molecule has 0 radical (unpaired) electrons. The molecule has 0 aliphatic rings. The minimum Gasteiger partial charge on any atom is -0.388 e. The lowest BCUT2D eigenvalue weighted by Gasteiger charge is -2.07. The van der Waals surface area contributed by atoms with Gasteiger partial charge in [-0.05, 0) is 24.1 Å². The second-order valence-corrected chi connectivity index (χ2v) is 2.55. The van der Waals surface area contributed by atoms with E-state index in [1.165, 1.54) is 0 Å². The summed E-state index contributed by atoms with van der Waals surface area (Å²) in [6, 6.07) is 3.40. The number of aromatic nitrogens is 1. The third kappa shape index (κ3) is 2.07. The van der Waals surface area contributed by atoms with Gasteiger partial charge < -0.3 is 10.8 Å². The number of hydrogen-bond donors (Lipinski definition) is 2. The Labute approximate surface area is 71.6 Å². The van der Waals surface area contributed by atoms with Crippen LogP contribution in [-0.2, 0) is 0 Å². The molecule has 0 aliphatic carbocycles. The van der Waals surface area contributed by atoms with Gasteiger partial charge in [0, 0.05) is 6.20 Å². The van der Waals surface area contributed by atoms with Crippen LogP contribution < -0.4 is 5.73 Å². The first kappa shape index (κ1) is 8.74. The first-order chi connectivity index (χ1) is 5.74. The summed E-state index contributed by atoms with van der Waals surface area (Å²) in [7, 11) is 0. The molecule has 1 aromatic rings. The molecule has 12 heavy (non-hydrogen) atoms. The van der Waals surface area contributed by atoms with Gasteiger partial charge in [-0.25, -0.2) is 4.98 Å². The van der Waals surface area contributed by atoms with Crippen molar-refractivity contribution >= 4 is 5.82 Å². The molecule has 3 nitrogen and oxygen atoms in total. The van der Waals surface area contributed by atoms with Crippen molar-refractivity contribution in [3.05, 3.63) is 36.5 Å². The van der Waals surface area contributed by atoms with E-state index >= 15 is 0 Å².